The van der Waals surface area contributed by atoms with Gasteiger partial charge in [0.15, 0.2) is 0 Å². The molecule has 71 valence electrons. The molecule has 2 rings (SSSR count). The van der Waals surface area contributed by atoms with E-state index in [1.807, 2.05) is 6.92 Å². The van der Waals surface area contributed by atoms with Crippen molar-refractivity contribution in [2.45, 2.75) is 13.0 Å². The van der Waals surface area contributed by atoms with Crippen LogP contribution in [0.4, 0.5) is 0 Å². The van der Waals surface area contributed by atoms with E-state index in [4.69, 9.17) is 4.74 Å². The van der Waals surface area contributed by atoms with Crippen LogP contribution in [-0.4, -0.2) is 41.2 Å². The molecule has 1 radical (unpaired) electrons. The number of hydrogen-bond acceptors (Lipinski definition) is 4. The number of nitrogens with one attached hydrogen (secondary N) is 2. The van der Waals surface area contributed by atoms with Gasteiger partial charge in [-0.2, -0.15) is 0 Å². The van der Waals surface area contributed by atoms with Crippen LogP contribution in [0.3, 0.4) is 0 Å². The van der Waals surface area contributed by atoms with E-state index in [2.05, 4.69) is 20.7 Å². The zero-order chi connectivity index (χ0) is 9.10. The number of aromatic nitrogens is 3. The molecule has 1 fully saturated rings. The smallest absolute Gasteiger partial charge is 0.0909 e. The Hall–Kier alpha value is -0.940. The first-order chi connectivity index (χ1) is 6.38. The Balaban J connectivity index is 1.99. The van der Waals surface area contributed by atoms with Crippen LogP contribution in [0.2, 0.25) is 0 Å². The lowest BCUT2D eigenvalue weighted by Crippen LogP contribution is -2.44. The maximum Gasteiger partial charge on any atom is 0.0909 e. The molecule has 1 saturated heterocycles. The molecule has 2 N–H and O–H groups in total. The minimum atomic E-state index is 0.277. The second kappa shape index (κ2) is 3.85. The molecule has 1 aromatic rings. The Bertz CT molecular complexity index is 243. The molecule has 0 aliphatic carbocycles. The number of ether oxygens (including phenoxy) is 1. The molecule has 13 heavy (non-hydrogen) atoms. The molecule has 5 heteroatoms. The minimum Gasteiger partial charge on any atom is -0.378 e. The second-order valence-electron chi connectivity index (χ2n) is 3.12. The van der Waals surface area contributed by atoms with Gasteiger partial charge in [-0.05, 0) is 0 Å². The highest BCUT2D eigenvalue weighted by Gasteiger charge is 2.23. The van der Waals surface area contributed by atoms with Gasteiger partial charge in [-0.15, -0.1) is 5.10 Å². The van der Waals surface area contributed by atoms with Gasteiger partial charge < -0.3 is 10.1 Å². The molecule has 1 atom stereocenters. The minimum absolute atomic E-state index is 0.277. The molecule has 1 unspecified atom stereocenters. The molecular formula is C8H13N4O. The van der Waals surface area contributed by atoms with Crippen LogP contribution in [0.5, 0.6) is 0 Å². The molecule has 5 nitrogen and oxygen atoms in total. The summed E-state index contributed by atoms with van der Waals surface area (Å²) in [6.07, 6.45) is 1.80. The van der Waals surface area contributed by atoms with Gasteiger partial charge in [0.2, 0.25) is 0 Å². The van der Waals surface area contributed by atoms with Gasteiger partial charge in [-0.1, -0.05) is 12.1 Å². The van der Waals surface area contributed by atoms with Crippen molar-refractivity contribution < 1.29 is 4.74 Å². The summed E-state index contributed by atoms with van der Waals surface area (Å²) in [4.78, 5) is 0. The summed E-state index contributed by atoms with van der Waals surface area (Å²) in [7, 11) is 0. The molecule has 0 aromatic carbocycles. The van der Waals surface area contributed by atoms with E-state index in [9.17, 15) is 0 Å². The molecule has 1 aliphatic heterocycles. The third-order valence-electron chi connectivity index (χ3n) is 2.27. The average Bonchev–Trinajstić information content (AvgIpc) is 2.71. The highest BCUT2D eigenvalue weighted by Crippen LogP contribution is 2.15. The Labute approximate surface area is 76.9 Å². The van der Waals surface area contributed by atoms with Gasteiger partial charge in [-0.25, -0.2) is 0 Å². The third-order valence-corrected chi connectivity index (χ3v) is 2.27. The zero-order valence-electron chi connectivity index (χ0n) is 7.58. The van der Waals surface area contributed by atoms with E-state index in [0.717, 1.165) is 25.5 Å². The molecular weight excluding hydrogens is 168 g/mol. The number of rotatable bonds is 2. The number of hydrogen-bond donors (Lipinski definition) is 2. The molecule has 1 aliphatic rings. The van der Waals surface area contributed by atoms with E-state index in [0.29, 0.717) is 0 Å². The lowest BCUT2D eigenvalue weighted by atomic mass is 9.99. The quantitative estimate of drug-likeness (QED) is 0.659. The fourth-order valence-corrected chi connectivity index (χ4v) is 1.42. The zero-order valence-corrected chi connectivity index (χ0v) is 7.58. The average molecular weight is 181 g/mol. The van der Waals surface area contributed by atoms with E-state index in [-0.39, 0.29) is 6.04 Å². The summed E-state index contributed by atoms with van der Waals surface area (Å²) in [6, 6.07) is 0.277. The number of aromatic amines is 1. The van der Waals surface area contributed by atoms with Crippen molar-refractivity contribution in [3.8, 4) is 0 Å². The lowest BCUT2D eigenvalue weighted by molar-refractivity contribution is 0.0821. The summed E-state index contributed by atoms with van der Waals surface area (Å²) < 4.78 is 5.36. The molecule has 0 saturated carbocycles. The van der Waals surface area contributed by atoms with Gasteiger partial charge in [0.1, 0.15) is 0 Å². The van der Waals surface area contributed by atoms with Crippen molar-refractivity contribution in [2.75, 3.05) is 19.8 Å². The summed E-state index contributed by atoms with van der Waals surface area (Å²) in [5.41, 5.74) is 0.906. The maximum atomic E-state index is 5.36. The number of nitrogens with zero attached hydrogens (tertiary/aromatic N) is 2. The van der Waals surface area contributed by atoms with E-state index in [1.54, 1.807) is 6.20 Å². The standard InChI is InChI=1S/C8H13N4O/c1-6(7-4-10-12-11-7)8-5-13-3-2-9-8/h4,8-9H,2-3,5H2,1H3,(H,10,11,12). The third kappa shape index (κ3) is 1.87. The fraction of sp³-hybridized carbons (Fsp3) is 0.625. The second-order valence-corrected chi connectivity index (χ2v) is 3.12. The first-order valence-electron chi connectivity index (χ1n) is 4.39. The van der Waals surface area contributed by atoms with Crippen molar-refractivity contribution in [3.63, 3.8) is 0 Å². The first-order valence-corrected chi connectivity index (χ1v) is 4.39. The molecule has 1 aromatic heterocycles. The predicted molar refractivity (Wildman–Crippen MR) is 47.0 cm³/mol. The Kier molecular flexibility index (Phi) is 2.56. The maximum absolute atomic E-state index is 5.36. The van der Waals surface area contributed by atoms with Gasteiger partial charge >= 0.3 is 0 Å². The van der Waals surface area contributed by atoms with Gasteiger partial charge in [0.05, 0.1) is 18.9 Å². The van der Waals surface area contributed by atoms with Crippen LogP contribution in [0.1, 0.15) is 12.6 Å². The topological polar surface area (TPSA) is 62.8 Å². The SMILES string of the molecule is C[C](c1c[nH]nn1)C1COCCN1. The van der Waals surface area contributed by atoms with Crippen LogP contribution < -0.4 is 5.32 Å². The van der Waals surface area contributed by atoms with Crippen molar-refractivity contribution in [2.24, 2.45) is 0 Å². The Morgan fingerprint density at radius 2 is 2.62 bits per heavy atom. The monoisotopic (exact) mass is 181 g/mol. The van der Waals surface area contributed by atoms with Crippen LogP contribution in [0, 0.1) is 5.92 Å². The van der Waals surface area contributed by atoms with Crippen LogP contribution in [-0.2, 0) is 4.74 Å². The van der Waals surface area contributed by atoms with Crippen LogP contribution in [0.25, 0.3) is 0 Å². The van der Waals surface area contributed by atoms with Gasteiger partial charge in [-0.3, -0.25) is 5.10 Å². The van der Waals surface area contributed by atoms with Crippen molar-refractivity contribution >= 4 is 0 Å². The van der Waals surface area contributed by atoms with Gasteiger partial charge in [0, 0.05) is 24.7 Å². The molecule has 0 amide bonds. The summed E-state index contributed by atoms with van der Waals surface area (Å²) >= 11 is 0. The lowest BCUT2D eigenvalue weighted by Gasteiger charge is -2.27. The largest absolute Gasteiger partial charge is 0.378 e. The number of H-pyrrole nitrogens is 1. The van der Waals surface area contributed by atoms with Crippen LogP contribution >= 0.6 is 0 Å². The van der Waals surface area contributed by atoms with Gasteiger partial charge in [0.25, 0.3) is 0 Å². The Morgan fingerprint density at radius 1 is 1.69 bits per heavy atom. The van der Waals surface area contributed by atoms with E-state index in [1.165, 1.54) is 5.92 Å². The van der Waals surface area contributed by atoms with Crippen molar-refractivity contribution in [1.82, 2.24) is 20.7 Å². The highest BCUT2D eigenvalue weighted by molar-refractivity contribution is 5.21. The van der Waals surface area contributed by atoms with Crippen molar-refractivity contribution in [3.05, 3.63) is 17.8 Å². The summed E-state index contributed by atoms with van der Waals surface area (Å²) in [6.45, 7) is 4.46. The fourth-order valence-electron chi connectivity index (χ4n) is 1.42. The molecule has 0 spiro atoms. The summed E-state index contributed by atoms with van der Waals surface area (Å²) in [5, 5.41) is 13.7. The normalized spacial score (nSPS) is 23.7. The summed E-state index contributed by atoms with van der Waals surface area (Å²) in [5.74, 6) is 1.17. The Morgan fingerprint density at radius 3 is 3.23 bits per heavy atom. The van der Waals surface area contributed by atoms with Crippen LogP contribution in [0.15, 0.2) is 6.20 Å². The highest BCUT2D eigenvalue weighted by atomic mass is 16.5. The van der Waals surface area contributed by atoms with E-state index < -0.39 is 0 Å². The molecule has 0 bridgehead atoms. The predicted octanol–water partition coefficient (Wildman–Crippen LogP) is -0.264. The molecule has 2 heterocycles. The first kappa shape index (κ1) is 8.65. The van der Waals surface area contributed by atoms with E-state index >= 15 is 0 Å². The van der Waals surface area contributed by atoms with Crippen molar-refractivity contribution in [1.29, 1.82) is 0 Å². The number of morpholine rings is 1.